The van der Waals surface area contributed by atoms with Gasteiger partial charge in [-0.1, -0.05) is 0 Å². The highest BCUT2D eigenvalue weighted by atomic mass is 32.1. The highest BCUT2D eigenvalue weighted by Crippen LogP contribution is 2.13. The van der Waals surface area contributed by atoms with Gasteiger partial charge in [0.25, 0.3) is 5.56 Å². The lowest BCUT2D eigenvalue weighted by molar-refractivity contribution is -0.133. The molecule has 0 bridgehead atoms. The van der Waals surface area contributed by atoms with Crippen molar-refractivity contribution in [3.8, 4) is 0 Å². The Morgan fingerprint density at radius 2 is 2.37 bits per heavy atom. The molecule has 0 fully saturated rings. The number of hydrogen-bond donors (Lipinski definition) is 1. The van der Waals surface area contributed by atoms with Crippen molar-refractivity contribution in [1.29, 1.82) is 0 Å². The molecule has 0 aromatic carbocycles. The molecule has 0 saturated carbocycles. The van der Waals surface area contributed by atoms with Gasteiger partial charge in [0.05, 0.1) is 24.4 Å². The molecular weight excluding hydrogens is 266 g/mol. The number of aromatic nitrogens is 2. The molecule has 7 heteroatoms. The maximum absolute atomic E-state index is 12.1. The van der Waals surface area contributed by atoms with Crippen LogP contribution >= 0.6 is 11.3 Å². The first kappa shape index (κ1) is 13.7. The third-order valence-corrected chi connectivity index (χ3v) is 3.90. The summed E-state index contributed by atoms with van der Waals surface area (Å²) in [5.74, 6) is -0.236. The van der Waals surface area contributed by atoms with Gasteiger partial charge in [-0.25, -0.2) is 4.98 Å². The van der Waals surface area contributed by atoms with Gasteiger partial charge in [-0.15, -0.1) is 11.3 Å². The second-order valence-corrected chi connectivity index (χ2v) is 5.25. The molecule has 2 aromatic rings. The number of amides is 1. The summed E-state index contributed by atoms with van der Waals surface area (Å²) in [5, 5.41) is 11.3. The zero-order valence-corrected chi connectivity index (χ0v) is 11.6. The van der Waals surface area contributed by atoms with Crippen LogP contribution in [0.5, 0.6) is 0 Å². The lowest BCUT2D eigenvalue weighted by Crippen LogP contribution is -2.40. The van der Waals surface area contributed by atoms with E-state index in [2.05, 4.69) is 4.98 Å². The van der Waals surface area contributed by atoms with Gasteiger partial charge in [0.15, 0.2) is 0 Å². The normalized spacial score (nSPS) is 12.6. The van der Waals surface area contributed by atoms with Gasteiger partial charge in [0, 0.05) is 7.05 Å². The Morgan fingerprint density at radius 3 is 3.05 bits per heavy atom. The van der Waals surface area contributed by atoms with Gasteiger partial charge in [-0.3, -0.25) is 14.2 Å². The third kappa shape index (κ3) is 2.66. The molecule has 1 amide bonds. The van der Waals surface area contributed by atoms with Crippen LogP contribution in [0.1, 0.15) is 6.92 Å². The first-order chi connectivity index (χ1) is 9.04. The van der Waals surface area contributed by atoms with E-state index in [-0.39, 0.29) is 30.7 Å². The van der Waals surface area contributed by atoms with Crippen molar-refractivity contribution >= 4 is 27.5 Å². The molecule has 1 atom stereocenters. The van der Waals surface area contributed by atoms with E-state index in [0.29, 0.717) is 10.2 Å². The van der Waals surface area contributed by atoms with Crippen molar-refractivity contribution in [2.75, 3.05) is 13.7 Å². The average Bonchev–Trinajstić information content (AvgIpc) is 2.89. The van der Waals surface area contributed by atoms with Crippen molar-refractivity contribution < 1.29 is 9.90 Å². The Labute approximate surface area is 113 Å². The van der Waals surface area contributed by atoms with Crippen LogP contribution in [0.2, 0.25) is 0 Å². The summed E-state index contributed by atoms with van der Waals surface area (Å²) in [7, 11) is 1.60. The van der Waals surface area contributed by atoms with E-state index in [0.717, 1.165) is 0 Å². The topological polar surface area (TPSA) is 75.4 Å². The highest BCUT2D eigenvalue weighted by molar-refractivity contribution is 7.16. The molecule has 2 aromatic heterocycles. The molecule has 0 saturated heterocycles. The second kappa shape index (κ2) is 5.50. The predicted octanol–water partition coefficient (Wildman–Crippen LogP) is 0.297. The summed E-state index contributed by atoms with van der Waals surface area (Å²) in [6.07, 6.45) is 1.39. The van der Waals surface area contributed by atoms with Crippen molar-refractivity contribution in [1.82, 2.24) is 14.5 Å². The van der Waals surface area contributed by atoms with Crippen LogP contribution in [0, 0.1) is 0 Å². The van der Waals surface area contributed by atoms with Crippen molar-refractivity contribution in [3.05, 3.63) is 28.1 Å². The molecule has 0 aliphatic heterocycles. The fourth-order valence-corrected chi connectivity index (χ4v) is 2.35. The van der Waals surface area contributed by atoms with Crippen LogP contribution in [-0.4, -0.2) is 45.2 Å². The Bertz CT molecular complexity index is 649. The largest absolute Gasteiger partial charge is 0.394 e. The minimum atomic E-state index is -0.277. The van der Waals surface area contributed by atoms with Gasteiger partial charge in [-0.05, 0) is 18.4 Å². The summed E-state index contributed by atoms with van der Waals surface area (Å²) >= 11 is 1.39. The quantitative estimate of drug-likeness (QED) is 0.874. The molecular formula is C12H15N3O3S. The van der Waals surface area contributed by atoms with E-state index in [9.17, 15) is 9.59 Å². The molecule has 0 spiro atoms. The Kier molecular flexibility index (Phi) is 3.96. The number of thiophene rings is 1. The third-order valence-electron chi connectivity index (χ3n) is 3.07. The molecule has 6 nitrogen and oxygen atoms in total. The number of likely N-dealkylation sites (N-methyl/N-ethyl adjacent to an activating group) is 1. The Hall–Kier alpha value is -1.73. The molecule has 1 N–H and O–H groups in total. The fourth-order valence-electron chi connectivity index (χ4n) is 1.63. The summed E-state index contributed by atoms with van der Waals surface area (Å²) in [6.45, 7) is 1.55. The van der Waals surface area contributed by atoms with Gasteiger partial charge in [-0.2, -0.15) is 0 Å². The highest BCUT2D eigenvalue weighted by Gasteiger charge is 2.16. The zero-order chi connectivity index (χ0) is 14.0. The number of fused-ring (bicyclic) bond motifs is 1. The van der Waals surface area contributed by atoms with Gasteiger partial charge in [0.2, 0.25) is 5.91 Å². The van der Waals surface area contributed by atoms with Gasteiger partial charge < -0.3 is 10.0 Å². The van der Waals surface area contributed by atoms with Crippen LogP contribution < -0.4 is 5.56 Å². The van der Waals surface area contributed by atoms with Crippen LogP contribution in [-0.2, 0) is 11.3 Å². The van der Waals surface area contributed by atoms with Crippen LogP contribution in [0.25, 0.3) is 10.2 Å². The number of nitrogens with zero attached hydrogens (tertiary/aromatic N) is 3. The standard InChI is InChI=1S/C12H15N3O3S/c1-8(6-16)14(2)10(17)5-15-7-13-11-9(12(15)18)3-4-19-11/h3-4,7-8,16H,5-6H2,1-2H3. The Morgan fingerprint density at radius 1 is 1.63 bits per heavy atom. The first-order valence-electron chi connectivity index (χ1n) is 5.83. The molecule has 2 heterocycles. The minimum Gasteiger partial charge on any atom is -0.394 e. The summed E-state index contributed by atoms with van der Waals surface area (Å²) in [6, 6.07) is 1.43. The van der Waals surface area contributed by atoms with E-state index < -0.39 is 0 Å². The van der Waals surface area contributed by atoms with E-state index in [1.54, 1.807) is 25.4 Å². The van der Waals surface area contributed by atoms with Gasteiger partial charge >= 0.3 is 0 Å². The first-order valence-corrected chi connectivity index (χ1v) is 6.71. The van der Waals surface area contributed by atoms with E-state index in [1.807, 2.05) is 0 Å². The molecule has 102 valence electrons. The zero-order valence-electron chi connectivity index (χ0n) is 10.7. The van der Waals surface area contributed by atoms with Crippen molar-refractivity contribution in [2.45, 2.75) is 19.5 Å². The van der Waals surface area contributed by atoms with E-state index >= 15 is 0 Å². The van der Waals surface area contributed by atoms with Crippen molar-refractivity contribution in [3.63, 3.8) is 0 Å². The number of aliphatic hydroxyl groups excluding tert-OH is 1. The SMILES string of the molecule is CC(CO)N(C)C(=O)Cn1cnc2sccc2c1=O. The van der Waals surface area contributed by atoms with Gasteiger partial charge in [0.1, 0.15) is 11.4 Å². The van der Waals surface area contributed by atoms with Crippen LogP contribution in [0.4, 0.5) is 0 Å². The fraction of sp³-hybridized carbons (Fsp3) is 0.417. The number of carbonyl (C=O) groups is 1. The molecule has 0 aliphatic rings. The smallest absolute Gasteiger partial charge is 0.262 e. The molecule has 0 radical (unpaired) electrons. The number of hydrogen-bond acceptors (Lipinski definition) is 5. The summed E-state index contributed by atoms with van der Waals surface area (Å²) < 4.78 is 1.29. The van der Waals surface area contributed by atoms with Crippen molar-refractivity contribution in [2.24, 2.45) is 0 Å². The lowest BCUT2D eigenvalue weighted by atomic mass is 10.3. The summed E-state index contributed by atoms with van der Waals surface area (Å²) in [4.78, 5) is 30.3. The molecule has 0 aliphatic carbocycles. The monoisotopic (exact) mass is 281 g/mol. The maximum Gasteiger partial charge on any atom is 0.262 e. The molecule has 19 heavy (non-hydrogen) atoms. The van der Waals surface area contributed by atoms with E-state index in [4.69, 9.17) is 5.11 Å². The Balaban J connectivity index is 2.24. The second-order valence-electron chi connectivity index (χ2n) is 4.35. The van der Waals surface area contributed by atoms with Crippen LogP contribution in [0.3, 0.4) is 0 Å². The lowest BCUT2D eigenvalue weighted by Gasteiger charge is -2.23. The van der Waals surface area contributed by atoms with Crippen LogP contribution in [0.15, 0.2) is 22.6 Å². The summed E-state index contributed by atoms with van der Waals surface area (Å²) in [5.41, 5.74) is -0.218. The predicted molar refractivity (Wildman–Crippen MR) is 73.2 cm³/mol. The average molecular weight is 281 g/mol. The molecule has 2 rings (SSSR count). The minimum absolute atomic E-state index is 0.0710. The maximum atomic E-state index is 12.1. The molecule has 1 unspecified atom stereocenters. The number of carbonyl (C=O) groups excluding carboxylic acids is 1. The van der Waals surface area contributed by atoms with E-state index in [1.165, 1.54) is 27.1 Å². The number of rotatable bonds is 4. The number of aliphatic hydroxyl groups is 1.